The Kier molecular flexibility index (Phi) is 4.05. The second-order valence-electron chi connectivity index (χ2n) is 6.37. The molecule has 2 saturated carbocycles. The zero-order valence-electron chi connectivity index (χ0n) is 12.7. The minimum atomic E-state index is -0.331. The van der Waals surface area contributed by atoms with Gasteiger partial charge < -0.3 is 9.47 Å². The highest BCUT2D eigenvalue weighted by molar-refractivity contribution is 5.47. The number of rotatable bonds is 5. The Bertz CT molecular complexity index is 537. The van der Waals surface area contributed by atoms with E-state index >= 15 is 0 Å². The van der Waals surface area contributed by atoms with Crippen molar-refractivity contribution in [3.8, 4) is 17.6 Å². The zero-order valence-corrected chi connectivity index (χ0v) is 12.7. The van der Waals surface area contributed by atoms with Crippen molar-refractivity contribution in [2.24, 2.45) is 5.92 Å². The second kappa shape index (κ2) is 5.97. The van der Waals surface area contributed by atoms with Gasteiger partial charge in [-0.15, -0.1) is 0 Å². The topological polar surface area (TPSA) is 42.2 Å². The van der Waals surface area contributed by atoms with Gasteiger partial charge in [-0.2, -0.15) is 5.26 Å². The summed E-state index contributed by atoms with van der Waals surface area (Å²) in [7, 11) is 1.67. The summed E-state index contributed by atoms with van der Waals surface area (Å²) in [6, 6.07) is 8.61. The van der Waals surface area contributed by atoms with E-state index in [1.165, 1.54) is 19.3 Å². The molecule has 3 heteroatoms. The molecule has 0 amide bonds. The molecule has 1 aromatic rings. The highest BCUT2D eigenvalue weighted by Crippen LogP contribution is 2.42. The molecule has 112 valence electrons. The number of nitriles is 1. The second-order valence-corrected chi connectivity index (χ2v) is 6.37. The Morgan fingerprint density at radius 2 is 1.95 bits per heavy atom. The highest BCUT2D eigenvalue weighted by Gasteiger charge is 2.34. The predicted octanol–water partition coefficient (Wildman–Crippen LogP) is 4.21. The molecule has 2 aliphatic rings. The minimum absolute atomic E-state index is 0.331. The molecule has 21 heavy (non-hydrogen) atoms. The fourth-order valence-corrected chi connectivity index (χ4v) is 3.20. The molecule has 0 aliphatic heterocycles. The molecule has 3 nitrogen and oxygen atoms in total. The Morgan fingerprint density at radius 1 is 1.19 bits per heavy atom. The van der Waals surface area contributed by atoms with E-state index in [1.807, 2.05) is 18.2 Å². The van der Waals surface area contributed by atoms with Crippen LogP contribution in [0.1, 0.15) is 50.5 Å². The lowest BCUT2D eigenvalue weighted by atomic mass is 9.70. The molecule has 0 unspecified atom stereocenters. The van der Waals surface area contributed by atoms with Crippen molar-refractivity contribution in [3.63, 3.8) is 0 Å². The maximum Gasteiger partial charge on any atom is 0.161 e. The first-order chi connectivity index (χ1) is 10.3. The van der Waals surface area contributed by atoms with Gasteiger partial charge in [0.15, 0.2) is 11.5 Å². The molecule has 0 saturated heterocycles. The molecule has 1 aromatic carbocycles. The number of methoxy groups -OCH3 is 1. The first-order valence-electron chi connectivity index (χ1n) is 8.00. The average Bonchev–Trinajstić information content (AvgIpc) is 3.37. The van der Waals surface area contributed by atoms with Crippen LogP contribution in [0.5, 0.6) is 11.5 Å². The fourth-order valence-electron chi connectivity index (χ4n) is 3.20. The Labute approximate surface area is 126 Å². The van der Waals surface area contributed by atoms with Crippen molar-refractivity contribution in [2.75, 3.05) is 13.7 Å². The third kappa shape index (κ3) is 3.00. The lowest BCUT2D eigenvalue weighted by Gasteiger charge is -2.31. The van der Waals surface area contributed by atoms with Gasteiger partial charge >= 0.3 is 0 Å². The summed E-state index contributed by atoms with van der Waals surface area (Å²) in [5, 5.41) is 9.72. The molecule has 2 fully saturated rings. The molecule has 0 spiro atoms. The van der Waals surface area contributed by atoms with E-state index < -0.39 is 0 Å². The summed E-state index contributed by atoms with van der Waals surface area (Å²) in [4.78, 5) is 0. The van der Waals surface area contributed by atoms with Gasteiger partial charge in [0.05, 0.1) is 25.2 Å². The number of benzene rings is 1. The molecular weight excluding hydrogens is 262 g/mol. The number of hydrogen-bond donors (Lipinski definition) is 0. The predicted molar refractivity (Wildman–Crippen MR) is 81.6 cm³/mol. The summed E-state index contributed by atoms with van der Waals surface area (Å²) in [5.41, 5.74) is 0.763. The van der Waals surface area contributed by atoms with Gasteiger partial charge in [0.25, 0.3) is 0 Å². The minimum Gasteiger partial charge on any atom is -0.493 e. The van der Waals surface area contributed by atoms with E-state index in [9.17, 15) is 5.26 Å². The van der Waals surface area contributed by atoms with Crippen molar-refractivity contribution < 1.29 is 9.47 Å². The lowest BCUT2D eigenvalue weighted by Crippen LogP contribution is -2.27. The zero-order chi connectivity index (χ0) is 14.7. The fraction of sp³-hybridized carbons (Fsp3) is 0.611. The maximum absolute atomic E-state index is 9.72. The summed E-state index contributed by atoms with van der Waals surface area (Å²) >= 11 is 0. The van der Waals surface area contributed by atoms with Crippen LogP contribution in [0.4, 0.5) is 0 Å². The Hall–Kier alpha value is -1.69. The van der Waals surface area contributed by atoms with Gasteiger partial charge in [-0.25, -0.2) is 0 Å². The molecule has 0 N–H and O–H groups in total. The number of ether oxygens (including phenoxy) is 2. The average molecular weight is 285 g/mol. The van der Waals surface area contributed by atoms with Crippen LogP contribution in [0.2, 0.25) is 0 Å². The van der Waals surface area contributed by atoms with Crippen molar-refractivity contribution in [3.05, 3.63) is 23.8 Å². The Balaban J connectivity index is 1.87. The molecule has 0 aromatic heterocycles. The van der Waals surface area contributed by atoms with Crippen LogP contribution >= 0.6 is 0 Å². The quantitative estimate of drug-likeness (QED) is 0.814. The van der Waals surface area contributed by atoms with Crippen LogP contribution < -0.4 is 9.47 Å². The summed E-state index contributed by atoms with van der Waals surface area (Å²) < 4.78 is 11.3. The van der Waals surface area contributed by atoms with Gasteiger partial charge in [0, 0.05) is 0 Å². The van der Waals surface area contributed by atoms with E-state index in [4.69, 9.17) is 9.47 Å². The highest BCUT2D eigenvalue weighted by atomic mass is 16.5. The largest absolute Gasteiger partial charge is 0.493 e. The molecule has 0 radical (unpaired) electrons. The van der Waals surface area contributed by atoms with Crippen LogP contribution in [-0.2, 0) is 5.41 Å². The van der Waals surface area contributed by atoms with Crippen LogP contribution in [0, 0.1) is 17.2 Å². The van der Waals surface area contributed by atoms with Gasteiger partial charge in [0.2, 0.25) is 0 Å². The van der Waals surface area contributed by atoms with Crippen molar-refractivity contribution >= 4 is 0 Å². The van der Waals surface area contributed by atoms with E-state index in [0.29, 0.717) is 5.92 Å². The maximum atomic E-state index is 9.72. The number of nitrogens with zero attached hydrogens (tertiary/aromatic N) is 1. The first kappa shape index (κ1) is 14.3. The summed E-state index contributed by atoms with van der Waals surface area (Å²) in [6.07, 6.45) is 7.96. The van der Waals surface area contributed by atoms with Gasteiger partial charge in [-0.1, -0.05) is 25.3 Å². The van der Waals surface area contributed by atoms with Crippen molar-refractivity contribution in [1.82, 2.24) is 0 Å². The summed E-state index contributed by atoms with van der Waals surface area (Å²) in [5.74, 6) is 2.27. The normalized spacial score (nSPS) is 20.6. The summed E-state index contributed by atoms with van der Waals surface area (Å²) in [6.45, 7) is 0.763. The van der Waals surface area contributed by atoms with E-state index in [2.05, 4.69) is 6.07 Å². The third-order valence-electron chi connectivity index (χ3n) is 4.81. The lowest BCUT2D eigenvalue weighted by molar-refractivity contribution is 0.278. The van der Waals surface area contributed by atoms with Crippen LogP contribution in [0.3, 0.4) is 0 Å². The van der Waals surface area contributed by atoms with Crippen molar-refractivity contribution in [1.29, 1.82) is 5.26 Å². The first-order valence-corrected chi connectivity index (χ1v) is 8.00. The van der Waals surface area contributed by atoms with Gasteiger partial charge in [-0.05, 0) is 49.3 Å². The Morgan fingerprint density at radius 3 is 2.57 bits per heavy atom. The van der Waals surface area contributed by atoms with E-state index in [1.54, 1.807) is 7.11 Å². The van der Waals surface area contributed by atoms with Gasteiger partial charge in [-0.3, -0.25) is 0 Å². The smallest absolute Gasteiger partial charge is 0.161 e. The van der Waals surface area contributed by atoms with Crippen LogP contribution in [-0.4, -0.2) is 13.7 Å². The monoisotopic (exact) mass is 285 g/mol. The molecule has 0 heterocycles. The SMILES string of the molecule is COc1ccc(C2(C#N)CCCCC2)cc1OCC1CC1. The molecule has 0 bridgehead atoms. The van der Waals surface area contributed by atoms with E-state index in [0.717, 1.165) is 49.4 Å². The molecule has 2 aliphatic carbocycles. The van der Waals surface area contributed by atoms with Crippen LogP contribution in [0.15, 0.2) is 18.2 Å². The van der Waals surface area contributed by atoms with Gasteiger partial charge in [0.1, 0.15) is 0 Å². The molecule has 0 atom stereocenters. The molecule has 3 rings (SSSR count). The van der Waals surface area contributed by atoms with Crippen LogP contribution in [0.25, 0.3) is 0 Å². The standard InChI is InChI=1S/C18H23NO2/c1-20-16-8-7-15(11-17(16)21-12-14-5-6-14)18(13-19)9-3-2-4-10-18/h7-8,11,14H,2-6,9-10,12H2,1H3. The number of hydrogen-bond acceptors (Lipinski definition) is 3. The third-order valence-corrected chi connectivity index (χ3v) is 4.81. The molecular formula is C18H23NO2. The van der Waals surface area contributed by atoms with E-state index in [-0.39, 0.29) is 5.41 Å². The van der Waals surface area contributed by atoms with Crippen molar-refractivity contribution in [2.45, 2.75) is 50.4 Å².